The van der Waals surface area contributed by atoms with Crippen LogP contribution in [-0.2, 0) is 19.5 Å². The Balaban J connectivity index is 0.00000150. The van der Waals surface area contributed by atoms with Crippen LogP contribution in [0.4, 0.5) is 11.8 Å². The molecule has 1 saturated carbocycles. The molecule has 0 spiro atoms. The molecule has 0 saturated heterocycles. The van der Waals surface area contributed by atoms with Gasteiger partial charge >= 0.3 is 0 Å². The Morgan fingerprint density at radius 3 is 2.59 bits per heavy atom. The summed E-state index contributed by atoms with van der Waals surface area (Å²) in [7, 11) is 0. The average Bonchev–Trinajstić information content (AvgIpc) is 3.10. The summed E-state index contributed by atoms with van der Waals surface area (Å²) in [5.41, 5.74) is 14.0. The minimum absolute atomic E-state index is 0. The first kappa shape index (κ1) is 22.9. The lowest BCUT2D eigenvalue weighted by molar-refractivity contribution is 0.345. The van der Waals surface area contributed by atoms with Crippen LogP contribution < -0.4 is 16.8 Å². The van der Waals surface area contributed by atoms with Crippen LogP contribution in [0.25, 0.3) is 0 Å². The summed E-state index contributed by atoms with van der Waals surface area (Å²) in [6, 6.07) is 12.6. The van der Waals surface area contributed by atoms with Crippen molar-refractivity contribution in [1.82, 2.24) is 24.7 Å². The molecule has 1 fully saturated rings. The van der Waals surface area contributed by atoms with Gasteiger partial charge in [0.05, 0.1) is 12.2 Å². The Hall–Kier alpha value is -2.42. The van der Waals surface area contributed by atoms with E-state index in [9.17, 15) is 0 Å². The minimum atomic E-state index is 0. The van der Waals surface area contributed by atoms with Gasteiger partial charge in [-0.3, -0.25) is 0 Å². The van der Waals surface area contributed by atoms with Gasteiger partial charge in [-0.15, -0.1) is 35.0 Å². The smallest absolute Gasteiger partial charge is 0.222 e. The Kier molecular flexibility index (Phi) is 8.19. The van der Waals surface area contributed by atoms with Crippen molar-refractivity contribution in [2.45, 2.75) is 44.3 Å². The zero-order chi connectivity index (χ0) is 18.6. The summed E-state index contributed by atoms with van der Waals surface area (Å²) >= 11 is 0. The van der Waals surface area contributed by atoms with Crippen molar-refractivity contribution >= 4 is 36.6 Å². The van der Waals surface area contributed by atoms with Crippen molar-refractivity contribution in [2.75, 3.05) is 11.1 Å². The Bertz CT molecular complexity index is 896. The van der Waals surface area contributed by atoms with Crippen LogP contribution in [0.2, 0.25) is 0 Å². The van der Waals surface area contributed by atoms with E-state index in [0.717, 1.165) is 37.3 Å². The highest BCUT2D eigenvalue weighted by molar-refractivity contribution is 5.85. The second-order valence-corrected chi connectivity index (χ2v) is 6.99. The molecule has 2 heterocycles. The van der Waals surface area contributed by atoms with Crippen LogP contribution in [0, 0.1) is 0 Å². The topological polar surface area (TPSA) is 121 Å². The Morgan fingerprint density at radius 2 is 1.86 bits per heavy atom. The van der Waals surface area contributed by atoms with Gasteiger partial charge in [0.1, 0.15) is 12.1 Å². The molecule has 1 aliphatic carbocycles. The third-order valence-electron chi connectivity index (χ3n) is 4.96. The molecule has 2 aromatic heterocycles. The lowest BCUT2D eigenvalue weighted by atomic mass is 9.78. The predicted octanol–water partition coefficient (Wildman–Crippen LogP) is 2.55. The van der Waals surface area contributed by atoms with Crippen LogP contribution in [0.5, 0.6) is 0 Å². The van der Waals surface area contributed by atoms with E-state index in [1.54, 1.807) is 6.33 Å². The van der Waals surface area contributed by atoms with E-state index in [1.807, 2.05) is 12.1 Å². The van der Waals surface area contributed by atoms with Crippen LogP contribution in [0.3, 0.4) is 0 Å². The van der Waals surface area contributed by atoms with Crippen LogP contribution >= 0.6 is 24.8 Å². The molecule has 0 amide bonds. The number of hydrogen-bond acceptors (Lipinski definition) is 7. The van der Waals surface area contributed by atoms with E-state index in [0.29, 0.717) is 18.3 Å². The van der Waals surface area contributed by atoms with Crippen molar-refractivity contribution in [3.63, 3.8) is 0 Å². The number of aromatic nitrogens is 5. The maximum atomic E-state index is 5.88. The molecule has 0 atom stereocenters. The fraction of sp³-hybridized carbons (Fsp3) is 0.368. The molecule has 29 heavy (non-hydrogen) atoms. The highest BCUT2D eigenvalue weighted by atomic mass is 35.5. The number of nitrogens with one attached hydrogen (secondary N) is 1. The molecule has 156 valence electrons. The van der Waals surface area contributed by atoms with E-state index in [-0.39, 0.29) is 36.8 Å². The molecule has 0 bridgehead atoms. The zero-order valence-electron chi connectivity index (χ0n) is 15.9. The highest BCUT2D eigenvalue weighted by Crippen LogP contribution is 2.35. The van der Waals surface area contributed by atoms with E-state index >= 15 is 0 Å². The molecule has 10 heteroatoms. The monoisotopic (exact) mass is 436 g/mol. The molecular formula is C19H26Cl2N8. The molecule has 8 nitrogen and oxygen atoms in total. The first-order chi connectivity index (χ1) is 13.2. The van der Waals surface area contributed by atoms with E-state index in [2.05, 4.69) is 54.3 Å². The van der Waals surface area contributed by atoms with E-state index in [4.69, 9.17) is 11.5 Å². The van der Waals surface area contributed by atoms with Crippen molar-refractivity contribution in [3.8, 4) is 0 Å². The summed E-state index contributed by atoms with van der Waals surface area (Å²) in [6.07, 6.45) is 4.58. The molecule has 0 aliphatic heterocycles. The SMILES string of the molecule is Cl.Cl.Nc1nc(NCc2nncn2CCc2ccccc2)cc(C2CC(N)C2)n1. The second kappa shape index (κ2) is 10.4. The zero-order valence-corrected chi connectivity index (χ0v) is 17.6. The fourth-order valence-electron chi connectivity index (χ4n) is 3.35. The molecule has 1 aliphatic rings. The van der Waals surface area contributed by atoms with E-state index < -0.39 is 0 Å². The van der Waals surface area contributed by atoms with Gasteiger partial charge in [0.15, 0.2) is 5.82 Å². The molecule has 0 unspecified atom stereocenters. The first-order valence-electron chi connectivity index (χ1n) is 9.22. The predicted molar refractivity (Wildman–Crippen MR) is 118 cm³/mol. The molecule has 4 rings (SSSR count). The normalized spacial score (nSPS) is 17.6. The standard InChI is InChI=1S/C19H24N8.2ClH/c20-15-8-14(9-15)16-10-17(25-19(21)24-16)22-11-18-26-23-12-27(18)7-6-13-4-2-1-3-5-13;;/h1-5,10,12,14-15H,6-9,11,20H2,(H3,21,22,24,25);2*1H. The molecular weight excluding hydrogens is 411 g/mol. The van der Waals surface area contributed by atoms with Gasteiger partial charge in [0.2, 0.25) is 5.95 Å². The third-order valence-corrected chi connectivity index (χ3v) is 4.96. The number of nitrogens with zero attached hydrogens (tertiary/aromatic N) is 5. The number of hydrogen-bond donors (Lipinski definition) is 3. The van der Waals surface area contributed by atoms with Crippen molar-refractivity contribution in [1.29, 1.82) is 0 Å². The summed E-state index contributed by atoms with van der Waals surface area (Å²) in [5.74, 6) is 2.22. The Morgan fingerprint density at radius 1 is 1.10 bits per heavy atom. The van der Waals surface area contributed by atoms with Crippen LogP contribution in [0.15, 0.2) is 42.7 Å². The third kappa shape index (κ3) is 5.79. The number of nitrogens with two attached hydrogens (primary N) is 2. The average molecular weight is 437 g/mol. The van der Waals surface area contributed by atoms with Gasteiger partial charge in [-0.1, -0.05) is 30.3 Å². The van der Waals surface area contributed by atoms with Gasteiger partial charge in [-0.25, -0.2) is 4.98 Å². The summed E-state index contributed by atoms with van der Waals surface area (Å²) in [5, 5.41) is 11.6. The number of halogens is 2. The Labute approximate surface area is 182 Å². The van der Waals surface area contributed by atoms with Crippen molar-refractivity contribution in [2.24, 2.45) is 5.73 Å². The maximum absolute atomic E-state index is 5.88. The van der Waals surface area contributed by atoms with Crippen LogP contribution in [-0.4, -0.2) is 30.8 Å². The van der Waals surface area contributed by atoms with Crippen molar-refractivity contribution in [3.05, 3.63) is 59.8 Å². The minimum Gasteiger partial charge on any atom is -0.368 e. The number of anilines is 2. The first-order valence-corrected chi connectivity index (χ1v) is 9.22. The molecule has 5 N–H and O–H groups in total. The van der Waals surface area contributed by atoms with E-state index in [1.165, 1.54) is 5.56 Å². The lowest BCUT2D eigenvalue weighted by Gasteiger charge is -2.32. The van der Waals surface area contributed by atoms with Gasteiger partial charge < -0.3 is 21.4 Å². The van der Waals surface area contributed by atoms with Crippen LogP contribution in [0.1, 0.15) is 35.8 Å². The number of nitrogen functional groups attached to an aromatic ring is 1. The highest BCUT2D eigenvalue weighted by Gasteiger charge is 2.29. The maximum Gasteiger partial charge on any atom is 0.222 e. The number of aryl methyl sites for hydroxylation is 2. The van der Waals surface area contributed by atoms with Crippen molar-refractivity contribution < 1.29 is 0 Å². The summed E-state index contributed by atoms with van der Waals surface area (Å²) in [6.45, 7) is 1.35. The fourth-order valence-corrected chi connectivity index (χ4v) is 3.35. The largest absolute Gasteiger partial charge is 0.368 e. The van der Waals surface area contributed by atoms with Gasteiger partial charge in [-0.2, -0.15) is 4.98 Å². The lowest BCUT2D eigenvalue weighted by Crippen LogP contribution is -2.35. The number of benzene rings is 1. The summed E-state index contributed by atoms with van der Waals surface area (Å²) < 4.78 is 2.05. The molecule has 3 aromatic rings. The second-order valence-electron chi connectivity index (χ2n) is 6.99. The van der Waals surface area contributed by atoms with Gasteiger partial charge in [0.25, 0.3) is 0 Å². The number of rotatable bonds is 7. The van der Waals surface area contributed by atoms with Gasteiger partial charge in [0, 0.05) is 24.6 Å². The molecule has 1 aromatic carbocycles. The molecule has 0 radical (unpaired) electrons. The van der Waals surface area contributed by atoms with Gasteiger partial charge in [-0.05, 0) is 24.8 Å². The quantitative estimate of drug-likeness (QED) is 0.520. The summed E-state index contributed by atoms with van der Waals surface area (Å²) in [4.78, 5) is 8.64.